The summed E-state index contributed by atoms with van der Waals surface area (Å²) >= 11 is 0. The van der Waals surface area contributed by atoms with Crippen molar-refractivity contribution in [1.29, 1.82) is 0 Å². The Morgan fingerprint density at radius 3 is 2.21 bits per heavy atom. The number of aromatic hydroxyl groups is 2. The summed E-state index contributed by atoms with van der Waals surface area (Å²) < 4.78 is 22.8. The van der Waals surface area contributed by atoms with E-state index in [2.05, 4.69) is 0 Å². The summed E-state index contributed by atoms with van der Waals surface area (Å²) in [5.74, 6) is -1.17. The van der Waals surface area contributed by atoms with Gasteiger partial charge in [0.05, 0.1) is 0 Å². The number of benzene rings is 2. The number of ether oxygens (including phenoxy) is 4. The van der Waals surface area contributed by atoms with Gasteiger partial charge in [-0.15, -0.1) is 0 Å². The van der Waals surface area contributed by atoms with E-state index in [-0.39, 0.29) is 40.1 Å². The highest BCUT2D eigenvalue weighted by atomic mass is 16.7. The Hall–Kier alpha value is -4.75. The molecule has 42 heavy (non-hydrogen) atoms. The molecule has 0 spiro atoms. The molecular formula is C30H28O12. The van der Waals surface area contributed by atoms with Crippen LogP contribution in [0.2, 0.25) is 0 Å². The Morgan fingerprint density at radius 2 is 1.52 bits per heavy atom. The van der Waals surface area contributed by atoms with Gasteiger partial charge in [-0.3, -0.25) is 0 Å². The molecule has 12 heteroatoms. The normalized spacial score (nSPS) is 27.4. The van der Waals surface area contributed by atoms with Gasteiger partial charge in [-0.05, 0) is 54.1 Å². The lowest BCUT2D eigenvalue weighted by atomic mass is 9.97. The second-order valence-electron chi connectivity index (χ2n) is 9.69. The number of allylic oxidation sites excluding steroid dienone is 2. The van der Waals surface area contributed by atoms with Crippen LogP contribution in [0.5, 0.6) is 11.5 Å². The molecule has 1 unspecified atom stereocenters. The van der Waals surface area contributed by atoms with E-state index in [1.54, 1.807) is 12.1 Å². The van der Waals surface area contributed by atoms with Gasteiger partial charge in [0, 0.05) is 29.4 Å². The zero-order chi connectivity index (χ0) is 30.0. The zero-order valence-corrected chi connectivity index (χ0v) is 21.8. The van der Waals surface area contributed by atoms with E-state index < -0.39 is 49.4 Å². The number of aliphatic hydroxyl groups excluding tert-OH is 5. The maximum Gasteiger partial charge on any atom is 0.330 e. The number of rotatable bonds is 7. The van der Waals surface area contributed by atoms with Gasteiger partial charge in [0.15, 0.2) is 11.5 Å². The van der Waals surface area contributed by atoms with Crippen molar-refractivity contribution in [3.05, 3.63) is 107 Å². The molecule has 0 aromatic heterocycles. The molecule has 6 atom stereocenters. The quantitative estimate of drug-likeness (QED) is 0.186. The van der Waals surface area contributed by atoms with Crippen LogP contribution in [-0.2, 0) is 23.7 Å². The number of fused-ring (bicyclic) bond motifs is 1. The molecule has 1 saturated heterocycles. The second kappa shape index (κ2) is 12.0. The van der Waals surface area contributed by atoms with Crippen LogP contribution < -0.4 is 0 Å². The summed E-state index contributed by atoms with van der Waals surface area (Å²) in [4.78, 5) is 12.2. The minimum Gasteiger partial charge on any atom is -0.508 e. The Morgan fingerprint density at radius 1 is 0.857 bits per heavy atom. The zero-order valence-electron chi connectivity index (χ0n) is 21.8. The highest BCUT2D eigenvalue weighted by molar-refractivity contribution is 5.87. The molecule has 1 aliphatic carbocycles. The second-order valence-corrected chi connectivity index (χ2v) is 9.69. The molecule has 2 aromatic rings. The molecule has 2 aliphatic heterocycles. The number of carbonyl (C=O) groups is 1. The molecule has 1 fully saturated rings. The molecule has 0 amide bonds. The van der Waals surface area contributed by atoms with Crippen molar-refractivity contribution < 1.29 is 59.5 Å². The number of esters is 1. The van der Waals surface area contributed by atoms with Gasteiger partial charge in [0.2, 0.25) is 6.29 Å². The number of carbonyl (C=O) groups excluding carboxylic acids is 1. The van der Waals surface area contributed by atoms with E-state index in [9.17, 15) is 40.5 Å². The highest BCUT2D eigenvalue weighted by Gasteiger charge is 2.46. The molecule has 220 valence electrons. The van der Waals surface area contributed by atoms with Crippen LogP contribution >= 0.6 is 0 Å². The average molecular weight is 581 g/mol. The molecular weight excluding hydrogens is 552 g/mol. The number of hydrogen-bond donors (Lipinski definition) is 7. The highest BCUT2D eigenvalue weighted by Crippen LogP contribution is 2.38. The van der Waals surface area contributed by atoms with Crippen LogP contribution in [0.15, 0.2) is 95.7 Å². The van der Waals surface area contributed by atoms with E-state index in [4.69, 9.17) is 18.9 Å². The first-order valence-electron chi connectivity index (χ1n) is 12.8. The van der Waals surface area contributed by atoms with Gasteiger partial charge in [-0.25, -0.2) is 4.79 Å². The largest absolute Gasteiger partial charge is 0.508 e. The minimum atomic E-state index is -1.74. The van der Waals surface area contributed by atoms with Crippen LogP contribution in [-0.4, -0.2) is 85.1 Å². The van der Waals surface area contributed by atoms with E-state index >= 15 is 0 Å². The molecule has 0 radical (unpaired) electrons. The van der Waals surface area contributed by atoms with E-state index in [0.29, 0.717) is 11.1 Å². The van der Waals surface area contributed by atoms with Gasteiger partial charge in [-0.2, -0.15) is 0 Å². The van der Waals surface area contributed by atoms with Crippen molar-refractivity contribution in [3.63, 3.8) is 0 Å². The van der Waals surface area contributed by atoms with E-state index in [1.807, 2.05) is 0 Å². The van der Waals surface area contributed by atoms with E-state index in [0.717, 1.165) is 12.2 Å². The Bertz CT molecular complexity index is 1470. The van der Waals surface area contributed by atoms with Crippen molar-refractivity contribution in [2.75, 3.05) is 6.61 Å². The van der Waals surface area contributed by atoms with Crippen molar-refractivity contribution in [1.82, 2.24) is 0 Å². The fraction of sp³-hybridized carbons (Fsp3) is 0.233. The summed E-state index contributed by atoms with van der Waals surface area (Å²) in [6, 6.07) is 11.9. The first-order valence-corrected chi connectivity index (χ1v) is 12.8. The predicted molar refractivity (Wildman–Crippen MR) is 145 cm³/mol. The fourth-order valence-corrected chi connectivity index (χ4v) is 4.46. The lowest BCUT2D eigenvalue weighted by molar-refractivity contribution is -0.291. The van der Waals surface area contributed by atoms with Crippen LogP contribution in [0.4, 0.5) is 0 Å². The lowest BCUT2D eigenvalue weighted by Gasteiger charge is -2.40. The minimum absolute atomic E-state index is 0.0110. The van der Waals surface area contributed by atoms with Crippen LogP contribution in [0.1, 0.15) is 11.1 Å². The van der Waals surface area contributed by atoms with Gasteiger partial charge >= 0.3 is 5.97 Å². The monoisotopic (exact) mass is 580 g/mol. The third-order valence-electron chi connectivity index (χ3n) is 6.70. The number of phenolic OH excluding ortho intramolecular Hbond substituents is 2. The molecule has 7 N–H and O–H groups in total. The van der Waals surface area contributed by atoms with E-state index in [1.165, 1.54) is 54.6 Å². The topological polar surface area (TPSA) is 196 Å². The lowest BCUT2D eigenvalue weighted by Crippen LogP contribution is -2.59. The summed E-state index contributed by atoms with van der Waals surface area (Å²) in [6.45, 7) is -0.499. The summed E-state index contributed by atoms with van der Waals surface area (Å²) in [7, 11) is 0. The van der Waals surface area contributed by atoms with Crippen LogP contribution in [0.25, 0.3) is 11.8 Å². The summed E-state index contributed by atoms with van der Waals surface area (Å²) in [6.07, 6.45) is -2.44. The van der Waals surface area contributed by atoms with Crippen molar-refractivity contribution >= 4 is 17.8 Å². The average Bonchev–Trinajstić information content (AvgIpc) is 2.97. The third kappa shape index (κ3) is 6.26. The molecule has 2 heterocycles. The number of phenols is 2. The van der Waals surface area contributed by atoms with Crippen LogP contribution in [0.3, 0.4) is 0 Å². The molecule has 0 saturated carbocycles. The standard InChI is InChI=1S/C30H28O12/c31-17-6-1-15(2-7-17)3-10-25(35)39-14-24-26(36)27(37)28(38)30(42-24)41-23-13-20-21(34)11-19(33)12-22(20)40-29(23)16-4-8-18(32)9-5-16/h1-13,22,24,26-28,30-34,36-38H,14H2/b10-3+/t22?,24-,26-,27+,28-,30-/m1/s1. The SMILES string of the molecule is O=C(/C=C/c1ccc(O)cc1)OC[C@H]1O[C@@H](OC2=C(c3ccc(O)cc3)OC3C=C(O)C=C(O)C3=C2)[C@H](O)[C@@H](O)[C@@H]1O. The van der Waals surface area contributed by atoms with Crippen molar-refractivity contribution in [3.8, 4) is 11.5 Å². The molecule has 5 rings (SSSR count). The Labute approximate surface area is 239 Å². The smallest absolute Gasteiger partial charge is 0.330 e. The molecule has 2 aromatic carbocycles. The third-order valence-corrected chi connectivity index (χ3v) is 6.70. The molecule has 0 bridgehead atoms. The van der Waals surface area contributed by atoms with Crippen LogP contribution in [0, 0.1) is 0 Å². The Kier molecular flexibility index (Phi) is 8.22. The first kappa shape index (κ1) is 28.8. The maximum absolute atomic E-state index is 12.2. The van der Waals surface area contributed by atoms with Gasteiger partial charge in [0.1, 0.15) is 60.1 Å². The summed E-state index contributed by atoms with van der Waals surface area (Å²) in [5, 5.41) is 71.1. The number of hydrogen-bond acceptors (Lipinski definition) is 12. The molecule has 12 nitrogen and oxygen atoms in total. The maximum atomic E-state index is 12.2. The van der Waals surface area contributed by atoms with Gasteiger partial charge in [-0.1, -0.05) is 12.1 Å². The summed E-state index contributed by atoms with van der Waals surface area (Å²) in [5.41, 5.74) is 1.28. The van der Waals surface area contributed by atoms with Gasteiger partial charge in [0.25, 0.3) is 0 Å². The van der Waals surface area contributed by atoms with Crippen molar-refractivity contribution in [2.24, 2.45) is 0 Å². The van der Waals surface area contributed by atoms with Crippen molar-refractivity contribution in [2.45, 2.75) is 36.8 Å². The molecule has 3 aliphatic rings. The Balaban J connectivity index is 1.34. The fourth-order valence-electron chi connectivity index (χ4n) is 4.46. The first-order chi connectivity index (χ1) is 20.1. The predicted octanol–water partition coefficient (Wildman–Crippen LogP) is 2.07. The van der Waals surface area contributed by atoms with Gasteiger partial charge < -0.3 is 54.7 Å². The number of aliphatic hydroxyl groups is 5.